The second-order valence-electron chi connectivity index (χ2n) is 4.35. The van der Waals surface area contributed by atoms with Crippen molar-refractivity contribution in [3.05, 3.63) is 56.6 Å². The molecule has 0 heterocycles. The minimum Gasteiger partial charge on any atom is -0.497 e. The highest BCUT2D eigenvalue weighted by Gasteiger charge is 2.20. The van der Waals surface area contributed by atoms with Gasteiger partial charge in [-0.3, -0.25) is 20.2 Å². The summed E-state index contributed by atoms with van der Waals surface area (Å²) >= 11 is 0. The summed E-state index contributed by atoms with van der Waals surface area (Å²) in [4.78, 5) is 21.9. The van der Waals surface area contributed by atoms with Gasteiger partial charge in [-0.15, -0.1) is 0 Å². The van der Waals surface area contributed by atoms with E-state index in [1.807, 2.05) is 0 Å². The fraction of sp³-hybridized carbons (Fsp3) is 0.143. The van der Waals surface area contributed by atoms with Crippen LogP contribution in [0.1, 0.15) is 0 Å². The third kappa shape index (κ3) is 4.09. The summed E-state index contributed by atoms with van der Waals surface area (Å²) in [6, 6.07) is 8.68. The molecule has 2 aromatic rings. The molecule has 0 fully saturated rings. The van der Waals surface area contributed by atoms with E-state index in [1.54, 1.807) is 0 Å². The van der Waals surface area contributed by atoms with E-state index >= 15 is 0 Å². The lowest BCUT2D eigenvalue weighted by Gasteiger charge is -2.07. The van der Waals surface area contributed by atoms with E-state index in [-0.39, 0.29) is 11.4 Å². The second-order valence-corrected chi connectivity index (χ2v) is 6.56. The summed E-state index contributed by atoms with van der Waals surface area (Å²) in [5, 5.41) is 22.2. The van der Waals surface area contributed by atoms with Gasteiger partial charge in [-0.05, 0) is 33.7 Å². The highest BCUT2D eigenvalue weighted by molar-refractivity contribution is 8.76. The van der Waals surface area contributed by atoms with Gasteiger partial charge in [0.1, 0.15) is 11.5 Å². The number of nitro groups is 2. The maximum atomic E-state index is 11.1. The molecule has 0 radical (unpaired) electrons. The summed E-state index contributed by atoms with van der Waals surface area (Å²) in [6.45, 7) is 0. The van der Waals surface area contributed by atoms with E-state index in [4.69, 9.17) is 9.47 Å². The van der Waals surface area contributed by atoms with Gasteiger partial charge in [0.2, 0.25) is 0 Å². The van der Waals surface area contributed by atoms with Crippen LogP contribution in [0.15, 0.2) is 46.2 Å². The molecular weight excluding hydrogens is 356 g/mol. The monoisotopic (exact) mass is 368 g/mol. The minimum absolute atomic E-state index is 0.0983. The third-order valence-corrected chi connectivity index (χ3v) is 5.37. The summed E-state index contributed by atoms with van der Waals surface area (Å²) in [6.07, 6.45) is 0. The van der Waals surface area contributed by atoms with Crippen LogP contribution in [0.3, 0.4) is 0 Å². The predicted octanol–water partition coefficient (Wildman–Crippen LogP) is 4.32. The summed E-state index contributed by atoms with van der Waals surface area (Å²) in [5.41, 5.74) is -0.197. The van der Waals surface area contributed by atoms with Gasteiger partial charge in [0, 0.05) is 24.3 Å². The van der Waals surface area contributed by atoms with E-state index in [2.05, 4.69) is 0 Å². The average molecular weight is 368 g/mol. The lowest BCUT2D eigenvalue weighted by atomic mass is 10.3. The van der Waals surface area contributed by atoms with Crippen molar-refractivity contribution in [1.29, 1.82) is 0 Å². The molecule has 0 spiro atoms. The van der Waals surface area contributed by atoms with Crippen LogP contribution in [0.25, 0.3) is 0 Å². The van der Waals surface area contributed by atoms with Gasteiger partial charge >= 0.3 is 0 Å². The topological polar surface area (TPSA) is 105 Å². The van der Waals surface area contributed by atoms with Crippen molar-refractivity contribution in [1.82, 2.24) is 0 Å². The molecule has 2 rings (SSSR count). The van der Waals surface area contributed by atoms with Gasteiger partial charge in [-0.25, -0.2) is 0 Å². The van der Waals surface area contributed by atoms with Crippen LogP contribution in [0.2, 0.25) is 0 Å². The standard InChI is InChI=1S/C14H12N2O6S2/c1-21-9-3-5-11(15(17)18)13(7-9)23-24-14-8-10(22-2)4-6-12(14)16(19)20/h3-8H,1-2H3. The smallest absolute Gasteiger partial charge is 0.284 e. The van der Waals surface area contributed by atoms with E-state index < -0.39 is 9.85 Å². The highest BCUT2D eigenvalue weighted by atomic mass is 33.1. The van der Waals surface area contributed by atoms with Crippen LogP contribution in [0.4, 0.5) is 11.4 Å². The molecule has 0 aliphatic carbocycles. The molecule has 0 N–H and O–H groups in total. The molecule has 0 atom stereocenters. The fourth-order valence-corrected chi connectivity index (χ4v) is 4.07. The van der Waals surface area contributed by atoms with E-state index in [0.29, 0.717) is 21.3 Å². The Kier molecular flexibility index (Phi) is 5.88. The fourth-order valence-electron chi connectivity index (χ4n) is 1.77. The van der Waals surface area contributed by atoms with Crippen molar-refractivity contribution in [2.24, 2.45) is 0 Å². The molecule has 0 bridgehead atoms. The Hall–Kier alpha value is -2.46. The van der Waals surface area contributed by atoms with E-state index in [1.165, 1.54) is 50.6 Å². The number of hydrogen-bond acceptors (Lipinski definition) is 8. The Morgan fingerprint density at radius 2 is 1.17 bits per heavy atom. The van der Waals surface area contributed by atoms with Crippen LogP contribution in [0.5, 0.6) is 11.5 Å². The van der Waals surface area contributed by atoms with Gasteiger partial charge in [-0.2, -0.15) is 0 Å². The molecule has 0 aliphatic heterocycles. The molecule has 0 aliphatic rings. The molecule has 2 aromatic carbocycles. The maximum absolute atomic E-state index is 11.1. The minimum atomic E-state index is -0.512. The average Bonchev–Trinajstić information content (AvgIpc) is 2.58. The zero-order chi connectivity index (χ0) is 17.7. The van der Waals surface area contributed by atoms with Crippen molar-refractivity contribution >= 4 is 33.0 Å². The van der Waals surface area contributed by atoms with Crippen molar-refractivity contribution in [3.8, 4) is 11.5 Å². The van der Waals surface area contributed by atoms with Crippen molar-refractivity contribution in [3.63, 3.8) is 0 Å². The molecule has 0 saturated carbocycles. The number of nitro benzene ring substituents is 2. The first-order valence-electron chi connectivity index (χ1n) is 6.45. The molecule has 10 heteroatoms. The Labute approximate surface area is 144 Å². The normalized spacial score (nSPS) is 10.2. The third-order valence-electron chi connectivity index (χ3n) is 2.95. The van der Waals surface area contributed by atoms with Crippen LogP contribution in [-0.2, 0) is 0 Å². The Morgan fingerprint density at radius 1 is 0.792 bits per heavy atom. The molecule has 0 aromatic heterocycles. The zero-order valence-corrected chi connectivity index (χ0v) is 14.3. The maximum Gasteiger partial charge on any atom is 0.284 e. The number of nitrogens with zero attached hydrogens (tertiary/aromatic N) is 2. The Balaban J connectivity index is 2.33. The largest absolute Gasteiger partial charge is 0.497 e. The number of benzene rings is 2. The van der Waals surface area contributed by atoms with E-state index in [0.717, 1.165) is 21.6 Å². The summed E-state index contributed by atoms with van der Waals surface area (Å²) in [5.74, 6) is 0.924. The second kappa shape index (κ2) is 7.88. The Bertz CT molecular complexity index is 718. The van der Waals surface area contributed by atoms with Crippen LogP contribution in [-0.4, -0.2) is 24.1 Å². The van der Waals surface area contributed by atoms with Gasteiger partial charge in [0.25, 0.3) is 11.4 Å². The lowest BCUT2D eigenvalue weighted by molar-refractivity contribution is -0.388. The van der Waals surface area contributed by atoms with Crippen LogP contribution >= 0.6 is 21.6 Å². The molecule has 8 nitrogen and oxygen atoms in total. The number of rotatable bonds is 7. The molecule has 0 saturated heterocycles. The van der Waals surface area contributed by atoms with Crippen molar-refractivity contribution < 1.29 is 19.3 Å². The molecule has 24 heavy (non-hydrogen) atoms. The highest BCUT2D eigenvalue weighted by Crippen LogP contribution is 2.46. The SMILES string of the molecule is COc1ccc([N+](=O)[O-])c(SSc2cc(OC)ccc2[N+](=O)[O-])c1. The molecule has 126 valence electrons. The Morgan fingerprint density at radius 3 is 1.46 bits per heavy atom. The number of ether oxygens (including phenoxy) is 2. The van der Waals surface area contributed by atoms with Crippen molar-refractivity contribution in [2.45, 2.75) is 9.79 Å². The van der Waals surface area contributed by atoms with Crippen molar-refractivity contribution in [2.75, 3.05) is 14.2 Å². The zero-order valence-electron chi connectivity index (χ0n) is 12.6. The molecular formula is C14H12N2O6S2. The first-order valence-corrected chi connectivity index (χ1v) is 8.60. The van der Waals surface area contributed by atoms with Crippen LogP contribution in [0, 0.1) is 20.2 Å². The molecule has 0 unspecified atom stereocenters. The first-order chi connectivity index (χ1) is 11.5. The van der Waals surface area contributed by atoms with Gasteiger partial charge in [-0.1, -0.05) is 0 Å². The van der Waals surface area contributed by atoms with Gasteiger partial charge < -0.3 is 9.47 Å². The number of methoxy groups -OCH3 is 2. The van der Waals surface area contributed by atoms with Gasteiger partial charge in [0.15, 0.2) is 0 Å². The predicted molar refractivity (Wildman–Crippen MR) is 91.0 cm³/mol. The summed E-state index contributed by atoms with van der Waals surface area (Å²) in [7, 11) is 5.00. The van der Waals surface area contributed by atoms with Crippen LogP contribution < -0.4 is 9.47 Å². The van der Waals surface area contributed by atoms with E-state index in [9.17, 15) is 20.2 Å². The lowest BCUT2D eigenvalue weighted by Crippen LogP contribution is -1.93. The first kappa shape index (κ1) is 17.9. The molecule has 0 amide bonds. The quantitative estimate of drug-likeness (QED) is 0.404. The van der Waals surface area contributed by atoms with Gasteiger partial charge in [0.05, 0.1) is 33.9 Å². The summed E-state index contributed by atoms with van der Waals surface area (Å²) < 4.78 is 10.1. The number of hydrogen-bond donors (Lipinski definition) is 0.